The molecule has 186 valence electrons. The lowest BCUT2D eigenvalue weighted by molar-refractivity contribution is -0.140. The Labute approximate surface area is 204 Å². The van der Waals surface area contributed by atoms with Crippen molar-refractivity contribution in [3.05, 3.63) is 64.7 Å². The maximum Gasteiger partial charge on any atom is 0.244 e. The molecule has 2 aromatic carbocycles. The van der Waals surface area contributed by atoms with Crippen molar-refractivity contribution in [2.24, 2.45) is 0 Å². The Morgan fingerprint density at radius 3 is 2.26 bits per heavy atom. The van der Waals surface area contributed by atoms with E-state index in [0.29, 0.717) is 18.7 Å². The van der Waals surface area contributed by atoms with Crippen LogP contribution in [0.2, 0.25) is 0 Å². The summed E-state index contributed by atoms with van der Waals surface area (Å²) in [7, 11) is -3.74. The number of hydrogen-bond donors (Lipinski definition) is 1. The van der Waals surface area contributed by atoms with Gasteiger partial charge in [0.2, 0.25) is 21.8 Å². The number of carbonyl (C=O) groups excluding carboxylic acids is 2. The van der Waals surface area contributed by atoms with Crippen molar-refractivity contribution < 1.29 is 18.0 Å². The van der Waals surface area contributed by atoms with Crippen LogP contribution in [0.5, 0.6) is 0 Å². The maximum absolute atomic E-state index is 13.6. The van der Waals surface area contributed by atoms with E-state index in [0.717, 1.165) is 39.2 Å². The third-order valence-electron chi connectivity index (χ3n) is 5.83. The number of amides is 2. The molecule has 0 saturated carbocycles. The summed E-state index contributed by atoms with van der Waals surface area (Å²) in [5.74, 6) is -0.661. The maximum atomic E-state index is 13.6. The van der Waals surface area contributed by atoms with E-state index in [-0.39, 0.29) is 19.0 Å². The Morgan fingerprint density at radius 2 is 1.71 bits per heavy atom. The fourth-order valence-corrected chi connectivity index (χ4v) is 4.63. The Balaban J connectivity index is 2.44. The van der Waals surface area contributed by atoms with Crippen LogP contribution in [0.3, 0.4) is 0 Å². The quantitative estimate of drug-likeness (QED) is 0.523. The lowest BCUT2D eigenvalue weighted by atomic mass is 10.1. The van der Waals surface area contributed by atoms with Crippen molar-refractivity contribution in [3.8, 4) is 0 Å². The van der Waals surface area contributed by atoms with Crippen molar-refractivity contribution in [1.29, 1.82) is 0 Å². The number of aryl methyl sites for hydroxylation is 3. The molecular weight excluding hydrogens is 450 g/mol. The van der Waals surface area contributed by atoms with Crippen LogP contribution in [-0.2, 0) is 26.2 Å². The summed E-state index contributed by atoms with van der Waals surface area (Å²) in [6, 6.07) is 12.3. The zero-order valence-electron chi connectivity index (χ0n) is 21.1. The summed E-state index contributed by atoms with van der Waals surface area (Å²) in [4.78, 5) is 28.1. The van der Waals surface area contributed by atoms with Gasteiger partial charge in [-0.1, -0.05) is 49.7 Å². The third-order valence-corrected chi connectivity index (χ3v) is 6.97. The van der Waals surface area contributed by atoms with Crippen molar-refractivity contribution in [3.63, 3.8) is 0 Å². The number of carbonyl (C=O) groups is 2. The topological polar surface area (TPSA) is 86.8 Å². The molecule has 2 aromatic rings. The first-order chi connectivity index (χ1) is 16.0. The zero-order valence-corrected chi connectivity index (χ0v) is 21.9. The van der Waals surface area contributed by atoms with Crippen molar-refractivity contribution in [2.45, 2.75) is 60.0 Å². The van der Waals surface area contributed by atoms with E-state index < -0.39 is 22.0 Å². The minimum absolute atomic E-state index is 0.211. The Morgan fingerprint density at radius 1 is 1.00 bits per heavy atom. The van der Waals surface area contributed by atoms with Gasteiger partial charge < -0.3 is 10.2 Å². The molecule has 34 heavy (non-hydrogen) atoms. The molecule has 0 bridgehead atoms. The number of hydrogen-bond acceptors (Lipinski definition) is 4. The van der Waals surface area contributed by atoms with E-state index in [1.807, 2.05) is 65.0 Å². The molecule has 0 spiro atoms. The summed E-state index contributed by atoms with van der Waals surface area (Å²) in [5.41, 5.74) is 4.32. The molecule has 0 heterocycles. The van der Waals surface area contributed by atoms with Crippen LogP contribution in [0, 0.1) is 20.8 Å². The van der Waals surface area contributed by atoms with E-state index in [1.54, 1.807) is 12.1 Å². The average molecular weight is 488 g/mol. The SMILES string of the molecule is CCCNC(=O)C(CC)N(Cc1cccc(C)c1)C(=O)CN(c1ccc(C)c(C)c1)S(C)(=O)=O. The number of nitrogens with one attached hydrogen (secondary N) is 1. The predicted octanol–water partition coefficient (Wildman–Crippen LogP) is 3.71. The van der Waals surface area contributed by atoms with Gasteiger partial charge in [-0.3, -0.25) is 13.9 Å². The van der Waals surface area contributed by atoms with E-state index >= 15 is 0 Å². The minimum Gasteiger partial charge on any atom is -0.354 e. The second-order valence-corrected chi connectivity index (χ2v) is 10.7. The Hall–Kier alpha value is -2.87. The average Bonchev–Trinajstić information content (AvgIpc) is 2.77. The Kier molecular flexibility index (Phi) is 9.67. The van der Waals surface area contributed by atoms with Crippen LogP contribution >= 0.6 is 0 Å². The normalized spacial score (nSPS) is 12.2. The fraction of sp³-hybridized carbons (Fsp3) is 0.462. The molecule has 2 amide bonds. The second-order valence-electron chi connectivity index (χ2n) is 8.76. The van der Waals surface area contributed by atoms with Crippen molar-refractivity contribution in [2.75, 3.05) is 23.7 Å². The number of benzene rings is 2. The van der Waals surface area contributed by atoms with E-state index in [9.17, 15) is 18.0 Å². The van der Waals surface area contributed by atoms with Crippen molar-refractivity contribution >= 4 is 27.5 Å². The molecule has 8 heteroatoms. The van der Waals surface area contributed by atoms with Gasteiger partial charge in [-0.15, -0.1) is 0 Å². The number of nitrogens with zero attached hydrogens (tertiary/aromatic N) is 2. The van der Waals surface area contributed by atoms with E-state index in [4.69, 9.17) is 0 Å². The second kappa shape index (κ2) is 12.0. The van der Waals surface area contributed by atoms with Gasteiger partial charge >= 0.3 is 0 Å². The molecule has 1 atom stereocenters. The lowest BCUT2D eigenvalue weighted by Gasteiger charge is -2.33. The molecule has 0 aliphatic heterocycles. The fourth-order valence-electron chi connectivity index (χ4n) is 3.79. The molecule has 0 aliphatic carbocycles. The molecule has 0 fully saturated rings. The van der Waals surface area contributed by atoms with Gasteiger partial charge in [-0.25, -0.2) is 8.42 Å². The van der Waals surface area contributed by atoms with Crippen LogP contribution in [0.25, 0.3) is 0 Å². The van der Waals surface area contributed by atoms with Crippen LogP contribution in [0.4, 0.5) is 5.69 Å². The summed E-state index contributed by atoms with van der Waals surface area (Å²) in [5, 5.41) is 2.88. The summed E-state index contributed by atoms with van der Waals surface area (Å²) < 4.78 is 26.5. The van der Waals surface area contributed by atoms with Gasteiger partial charge in [0.1, 0.15) is 12.6 Å². The monoisotopic (exact) mass is 487 g/mol. The van der Waals surface area contributed by atoms with Gasteiger partial charge in [0, 0.05) is 13.1 Å². The highest BCUT2D eigenvalue weighted by Crippen LogP contribution is 2.22. The zero-order chi connectivity index (χ0) is 25.5. The molecule has 1 unspecified atom stereocenters. The first-order valence-corrected chi connectivity index (χ1v) is 13.5. The lowest BCUT2D eigenvalue weighted by Crippen LogP contribution is -2.52. The number of rotatable bonds is 11. The Bertz CT molecular complexity index is 1110. The number of sulfonamides is 1. The van der Waals surface area contributed by atoms with E-state index in [1.165, 1.54) is 4.90 Å². The van der Waals surface area contributed by atoms with Gasteiger partial charge in [0.25, 0.3) is 0 Å². The first-order valence-electron chi connectivity index (χ1n) is 11.7. The summed E-state index contributed by atoms with van der Waals surface area (Å²) in [6.45, 7) is 9.96. The highest BCUT2D eigenvalue weighted by Gasteiger charge is 2.31. The molecule has 0 aliphatic rings. The summed E-state index contributed by atoms with van der Waals surface area (Å²) >= 11 is 0. The van der Waals surface area contributed by atoms with Gasteiger partial charge in [-0.05, 0) is 62.4 Å². The molecule has 1 N–H and O–H groups in total. The van der Waals surface area contributed by atoms with E-state index in [2.05, 4.69) is 5.32 Å². The van der Waals surface area contributed by atoms with Crippen LogP contribution in [0.1, 0.15) is 48.9 Å². The van der Waals surface area contributed by atoms with Crippen molar-refractivity contribution in [1.82, 2.24) is 10.2 Å². The third kappa shape index (κ3) is 7.32. The van der Waals surface area contributed by atoms with Gasteiger partial charge in [0.15, 0.2) is 0 Å². The molecule has 0 radical (unpaired) electrons. The largest absolute Gasteiger partial charge is 0.354 e. The molecule has 0 aromatic heterocycles. The molecule has 0 saturated heterocycles. The van der Waals surface area contributed by atoms with Crippen LogP contribution in [0.15, 0.2) is 42.5 Å². The van der Waals surface area contributed by atoms with Gasteiger partial charge in [0.05, 0.1) is 11.9 Å². The first kappa shape index (κ1) is 27.4. The standard InChI is InChI=1S/C26H37N3O4S/c1-7-14-27-26(31)24(8-2)28(17-22-11-9-10-19(3)15-22)25(30)18-29(34(6,32)33)23-13-12-20(4)21(5)16-23/h9-13,15-16,24H,7-8,14,17-18H2,1-6H3,(H,27,31). The molecule has 7 nitrogen and oxygen atoms in total. The minimum atomic E-state index is -3.74. The highest BCUT2D eigenvalue weighted by molar-refractivity contribution is 7.92. The summed E-state index contributed by atoms with van der Waals surface area (Å²) in [6.07, 6.45) is 2.28. The predicted molar refractivity (Wildman–Crippen MR) is 137 cm³/mol. The number of anilines is 1. The van der Waals surface area contributed by atoms with Crippen LogP contribution in [-0.4, -0.2) is 50.5 Å². The highest BCUT2D eigenvalue weighted by atomic mass is 32.2. The smallest absolute Gasteiger partial charge is 0.244 e. The van der Waals surface area contributed by atoms with Crippen LogP contribution < -0.4 is 9.62 Å². The molecular formula is C26H37N3O4S. The molecule has 2 rings (SSSR count). The van der Waals surface area contributed by atoms with Gasteiger partial charge in [-0.2, -0.15) is 0 Å².